The molecule has 0 aliphatic heterocycles. The second-order valence-electron chi connectivity index (χ2n) is 13.7. The van der Waals surface area contributed by atoms with Crippen LogP contribution < -0.4 is 0 Å². The smallest absolute Gasteiger partial charge is 0.0541 e. The van der Waals surface area contributed by atoms with Crippen molar-refractivity contribution in [2.24, 2.45) is 0 Å². The highest BCUT2D eigenvalue weighted by Gasteiger charge is 2.35. The summed E-state index contributed by atoms with van der Waals surface area (Å²) in [4.78, 5) is 0. The zero-order valence-electron chi connectivity index (χ0n) is 27.0. The second-order valence-corrected chi connectivity index (χ2v) is 13.7. The Labute approximate surface area is 280 Å². The van der Waals surface area contributed by atoms with Gasteiger partial charge < -0.3 is 4.57 Å². The van der Waals surface area contributed by atoms with Crippen molar-refractivity contribution in [3.8, 4) is 39.1 Å². The molecule has 0 radical (unpaired) electrons. The lowest BCUT2D eigenvalue weighted by atomic mass is 9.80. The highest BCUT2D eigenvalue weighted by Crippen LogP contribution is 2.51. The van der Waals surface area contributed by atoms with Crippen LogP contribution in [0, 0.1) is 0 Å². The molecule has 0 amide bonds. The molecule has 0 fully saturated rings. The van der Waals surface area contributed by atoms with Crippen LogP contribution >= 0.6 is 0 Å². The largest absolute Gasteiger partial charge is 0.309 e. The minimum Gasteiger partial charge on any atom is -0.309 e. The zero-order valence-corrected chi connectivity index (χ0v) is 27.0. The summed E-state index contributed by atoms with van der Waals surface area (Å²) >= 11 is 0. The van der Waals surface area contributed by atoms with Crippen LogP contribution in [0.3, 0.4) is 0 Å². The number of hydrogen-bond acceptors (Lipinski definition) is 0. The molecule has 48 heavy (non-hydrogen) atoms. The predicted molar refractivity (Wildman–Crippen MR) is 204 cm³/mol. The summed E-state index contributed by atoms with van der Waals surface area (Å²) in [5, 5.41) is 7.68. The number of benzene rings is 8. The normalized spacial score (nSPS) is 13.4. The Balaban J connectivity index is 1.18. The molecule has 0 saturated carbocycles. The predicted octanol–water partition coefficient (Wildman–Crippen LogP) is 12.7. The average Bonchev–Trinajstić information content (AvgIpc) is 3.59. The molecule has 9 aromatic rings. The third kappa shape index (κ3) is 3.73. The van der Waals surface area contributed by atoms with Gasteiger partial charge >= 0.3 is 0 Å². The highest BCUT2D eigenvalue weighted by atomic mass is 15.0. The summed E-state index contributed by atoms with van der Waals surface area (Å²) in [6.07, 6.45) is 0. The van der Waals surface area contributed by atoms with E-state index in [2.05, 4.69) is 182 Å². The Kier molecular flexibility index (Phi) is 5.69. The Morgan fingerprint density at radius 1 is 0.375 bits per heavy atom. The number of para-hydroxylation sites is 2. The molecule has 0 saturated heterocycles. The molecule has 1 aromatic heterocycles. The fourth-order valence-corrected chi connectivity index (χ4v) is 8.59. The van der Waals surface area contributed by atoms with Crippen LogP contribution in [0.4, 0.5) is 0 Å². The van der Waals surface area contributed by atoms with Gasteiger partial charge in [-0.3, -0.25) is 0 Å². The van der Waals surface area contributed by atoms with Gasteiger partial charge in [0.05, 0.1) is 11.0 Å². The lowest BCUT2D eigenvalue weighted by Crippen LogP contribution is -2.14. The molecular formula is C47H33N. The molecular weight excluding hydrogens is 579 g/mol. The van der Waals surface area contributed by atoms with Crippen LogP contribution in [-0.4, -0.2) is 4.57 Å². The topological polar surface area (TPSA) is 4.93 Å². The summed E-state index contributed by atoms with van der Waals surface area (Å²) in [7, 11) is 0. The molecule has 226 valence electrons. The first kappa shape index (κ1) is 27.2. The summed E-state index contributed by atoms with van der Waals surface area (Å²) in [5.41, 5.74) is 14.2. The van der Waals surface area contributed by atoms with E-state index in [1.807, 2.05) is 0 Å². The van der Waals surface area contributed by atoms with E-state index in [4.69, 9.17) is 0 Å². The number of hydrogen-bond donors (Lipinski definition) is 0. The van der Waals surface area contributed by atoms with Gasteiger partial charge in [0.25, 0.3) is 0 Å². The maximum absolute atomic E-state index is 2.46. The molecule has 1 nitrogen and oxygen atoms in total. The summed E-state index contributed by atoms with van der Waals surface area (Å²) < 4.78 is 2.39. The van der Waals surface area contributed by atoms with Gasteiger partial charge in [-0.25, -0.2) is 0 Å². The standard InChI is InChI=1S/C47H33N/c1-47(2)41-20-10-7-13-33(41)34-28-25-31(29-42(34)47)46-39-18-5-3-16-37(39)45(38-17-4-6-19-40(38)46)30-23-26-32(27-24-30)48-43-21-11-8-14-35(43)36-15-9-12-22-44(36)48/h3-29H,1-2H3. The van der Waals surface area contributed by atoms with E-state index < -0.39 is 0 Å². The van der Waals surface area contributed by atoms with Gasteiger partial charge in [0, 0.05) is 21.9 Å². The number of aromatic nitrogens is 1. The van der Waals surface area contributed by atoms with E-state index in [-0.39, 0.29) is 5.41 Å². The fraction of sp³-hybridized carbons (Fsp3) is 0.0638. The average molecular weight is 612 g/mol. The zero-order chi connectivity index (χ0) is 32.0. The van der Waals surface area contributed by atoms with Gasteiger partial charge in [-0.05, 0) is 96.4 Å². The molecule has 0 unspecified atom stereocenters. The molecule has 1 heterocycles. The quantitative estimate of drug-likeness (QED) is 0.175. The van der Waals surface area contributed by atoms with Crippen molar-refractivity contribution < 1.29 is 0 Å². The fourth-order valence-electron chi connectivity index (χ4n) is 8.59. The van der Waals surface area contributed by atoms with Crippen molar-refractivity contribution >= 4 is 43.4 Å². The molecule has 0 atom stereocenters. The van der Waals surface area contributed by atoms with E-state index >= 15 is 0 Å². The van der Waals surface area contributed by atoms with Crippen molar-refractivity contribution in [2.75, 3.05) is 0 Å². The number of fused-ring (bicyclic) bond motifs is 8. The lowest BCUT2D eigenvalue weighted by Gasteiger charge is -2.23. The van der Waals surface area contributed by atoms with Crippen molar-refractivity contribution in [2.45, 2.75) is 19.3 Å². The summed E-state index contributed by atoms with van der Waals surface area (Å²) in [6.45, 7) is 4.73. The number of rotatable bonds is 3. The van der Waals surface area contributed by atoms with E-state index in [1.165, 1.54) is 93.5 Å². The van der Waals surface area contributed by atoms with Crippen LogP contribution in [0.1, 0.15) is 25.0 Å². The molecule has 1 aliphatic carbocycles. The Morgan fingerprint density at radius 3 is 1.40 bits per heavy atom. The second kappa shape index (κ2) is 10.0. The first-order valence-corrected chi connectivity index (χ1v) is 16.9. The highest BCUT2D eigenvalue weighted by molar-refractivity contribution is 6.21. The van der Waals surface area contributed by atoms with Crippen LogP contribution in [-0.2, 0) is 5.41 Å². The SMILES string of the molecule is CC1(C)c2ccccc2-c2ccc(-c3c4ccccc4c(-c4ccc(-n5c6ccccc6c6ccccc65)cc4)c4ccccc34)cc21. The van der Waals surface area contributed by atoms with E-state index in [1.54, 1.807) is 0 Å². The van der Waals surface area contributed by atoms with Gasteiger partial charge in [-0.2, -0.15) is 0 Å². The Morgan fingerprint density at radius 2 is 0.812 bits per heavy atom. The first-order chi connectivity index (χ1) is 23.6. The number of nitrogens with zero attached hydrogens (tertiary/aromatic N) is 1. The van der Waals surface area contributed by atoms with Crippen molar-refractivity contribution in [3.63, 3.8) is 0 Å². The van der Waals surface area contributed by atoms with Gasteiger partial charge in [0.1, 0.15) is 0 Å². The molecule has 1 aliphatic rings. The van der Waals surface area contributed by atoms with Crippen molar-refractivity contribution in [1.82, 2.24) is 4.57 Å². The third-order valence-electron chi connectivity index (χ3n) is 10.8. The van der Waals surface area contributed by atoms with E-state index in [9.17, 15) is 0 Å². The third-order valence-corrected chi connectivity index (χ3v) is 10.8. The minimum atomic E-state index is -0.0500. The van der Waals surface area contributed by atoms with E-state index in [0.717, 1.165) is 0 Å². The van der Waals surface area contributed by atoms with Crippen LogP contribution in [0.5, 0.6) is 0 Å². The molecule has 8 aromatic carbocycles. The molecule has 0 N–H and O–H groups in total. The molecule has 10 rings (SSSR count). The monoisotopic (exact) mass is 611 g/mol. The van der Waals surface area contributed by atoms with Gasteiger partial charge in [-0.15, -0.1) is 0 Å². The summed E-state index contributed by atoms with van der Waals surface area (Å²) in [6, 6.07) is 60.6. The van der Waals surface area contributed by atoms with Crippen molar-refractivity contribution in [3.05, 3.63) is 175 Å². The lowest BCUT2D eigenvalue weighted by molar-refractivity contribution is 0.660. The molecule has 0 spiro atoms. The summed E-state index contributed by atoms with van der Waals surface area (Å²) in [5.74, 6) is 0. The molecule has 1 heteroatoms. The van der Waals surface area contributed by atoms with Gasteiger partial charge in [0.15, 0.2) is 0 Å². The maximum atomic E-state index is 2.46. The Hall–Kier alpha value is -5.92. The van der Waals surface area contributed by atoms with Gasteiger partial charge in [0.2, 0.25) is 0 Å². The Bertz CT molecular complexity index is 2630. The minimum absolute atomic E-state index is 0.0500. The first-order valence-electron chi connectivity index (χ1n) is 16.9. The van der Waals surface area contributed by atoms with Crippen LogP contribution in [0.2, 0.25) is 0 Å². The van der Waals surface area contributed by atoms with Crippen LogP contribution in [0.25, 0.3) is 82.4 Å². The van der Waals surface area contributed by atoms with Gasteiger partial charge in [-0.1, -0.05) is 147 Å². The maximum Gasteiger partial charge on any atom is 0.0541 e. The van der Waals surface area contributed by atoms with E-state index in [0.29, 0.717) is 0 Å². The van der Waals surface area contributed by atoms with Crippen molar-refractivity contribution in [1.29, 1.82) is 0 Å². The molecule has 0 bridgehead atoms. The van der Waals surface area contributed by atoms with Crippen LogP contribution in [0.15, 0.2) is 164 Å².